The maximum Gasteiger partial charge on any atom is 0.227 e. The Kier molecular flexibility index (Phi) is 4.44. The van der Waals surface area contributed by atoms with Gasteiger partial charge in [-0.3, -0.25) is 4.79 Å². The Hall–Kier alpha value is -2.99. The summed E-state index contributed by atoms with van der Waals surface area (Å²) in [6, 6.07) is 16.4. The molecule has 1 amide bonds. The molecule has 2 N–H and O–H groups in total. The maximum absolute atomic E-state index is 12.0. The number of anilines is 1. The number of aromatic nitrogens is 3. The molecule has 0 aliphatic heterocycles. The average Bonchev–Trinajstić information content (AvgIpc) is 3.11. The van der Waals surface area contributed by atoms with Crippen LogP contribution in [0.4, 0.5) is 5.69 Å². The van der Waals surface area contributed by atoms with Crippen molar-refractivity contribution >= 4 is 11.6 Å². The zero-order chi connectivity index (χ0) is 16.1. The molecule has 116 valence electrons. The summed E-state index contributed by atoms with van der Waals surface area (Å²) in [6.07, 6.45) is 2.53. The zero-order valence-corrected chi connectivity index (χ0v) is 12.3. The van der Waals surface area contributed by atoms with Gasteiger partial charge in [-0.05, 0) is 29.8 Å². The Bertz CT molecular complexity index is 755. The number of hydrogen-bond donors (Lipinski definition) is 2. The quantitative estimate of drug-likeness (QED) is 0.758. The summed E-state index contributed by atoms with van der Waals surface area (Å²) in [7, 11) is 0. The van der Waals surface area contributed by atoms with Crippen molar-refractivity contribution in [1.29, 1.82) is 0 Å². The van der Waals surface area contributed by atoms with Gasteiger partial charge in [0.15, 0.2) is 0 Å². The normalized spacial score (nSPS) is 11.9. The van der Waals surface area contributed by atoms with E-state index in [2.05, 4.69) is 15.6 Å². The summed E-state index contributed by atoms with van der Waals surface area (Å²) >= 11 is 0. The first-order chi connectivity index (χ1) is 11.2. The van der Waals surface area contributed by atoms with E-state index >= 15 is 0 Å². The van der Waals surface area contributed by atoms with E-state index < -0.39 is 6.10 Å². The second kappa shape index (κ2) is 6.85. The van der Waals surface area contributed by atoms with Crippen LogP contribution in [-0.2, 0) is 4.79 Å². The molecule has 6 nitrogen and oxygen atoms in total. The van der Waals surface area contributed by atoms with Gasteiger partial charge in [-0.15, -0.1) is 5.10 Å². The van der Waals surface area contributed by atoms with E-state index in [4.69, 9.17) is 0 Å². The van der Waals surface area contributed by atoms with Gasteiger partial charge in [0.25, 0.3) is 0 Å². The van der Waals surface area contributed by atoms with E-state index in [0.29, 0.717) is 5.69 Å². The van der Waals surface area contributed by atoms with Crippen LogP contribution in [0.15, 0.2) is 67.0 Å². The molecular weight excluding hydrogens is 292 g/mol. The second-order valence-corrected chi connectivity index (χ2v) is 5.07. The first-order valence-corrected chi connectivity index (χ1v) is 7.22. The number of nitrogens with zero attached hydrogens (tertiary/aromatic N) is 3. The van der Waals surface area contributed by atoms with Gasteiger partial charge in [-0.2, -0.15) is 0 Å². The minimum Gasteiger partial charge on any atom is -0.388 e. The fraction of sp³-hybridized carbons (Fsp3) is 0.118. The molecule has 0 fully saturated rings. The molecule has 3 rings (SSSR count). The van der Waals surface area contributed by atoms with Gasteiger partial charge in [0.1, 0.15) is 0 Å². The van der Waals surface area contributed by atoms with Crippen LogP contribution in [0.5, 0.6) is 0 Å². The lowest BCUT2D eigenvalue weighted by molar-refractivity contribution is -0.118. The van der Waals surface area contributed by atoms with Gasteiger partial charge in [-0.1, -0.05) is 35.5 Å². The molecule has 1 aromatic heterocycles. The van der Waals surface area contributed by atoms with Crippen LogP contribution in [0.3, 0.4) is 0 Å². The Labute approximate surface area is 133 Å². The Morgan fingerprint density at radius 1 is 1.13 bits per heavy atom. The lowest BCUT2D eigenvalue weighted by Crippen LogP contribution is -2.15. The van der Waals surface area contributed by atoms with Crippen molar-refractivity contribution in [2.45, 2.75) is 12.5 Å². The monoisotopic (exact) mass is 308 g/mol. The van der Waals surface area contributed by atoms with Gasteiger partial charge in [0, 0.05) is 5.69 Å². The highest BCUT2D eigenvalue weighted by Crippen LogP contribution is 2.18. The zero-order valence-electron chi connectivity index (χ0n) is 12.3. The summed E-state index contributed by atoms with van der Waals surface area (Å²) < 4.78 is 1.63. The molecule has 1 atom stereocenters. The molecule has 0 aliphatic carbocycles. The predicted octanol–water partition coefficient (Wildman–Crippen LogP) is 2.33. The molecule has 0 aliphatic rings. The van der Waals surface area contributed by atoms with Crippen LogP contribution in [0, 0.1) is 0 Å². The molecular formula is C17H16N4O2. The fourth-order valence-electron chi connectivity index (χ4n) is 2.22. The molecule has 0 bridgehead atoms. The maximum atomic E-state index is 12.0. The highest BCUT2D eigenvalue weighted by molar-refractivity contribution is 5.91. The SMILES string of the molecule is O=C(CC(O)c1ccccc1)Nc1ccc(-n2ccnn2)cc1. The van der Waals surface area contributed by atoms with E-state index in [9.17, 15) is 9.90 Å². The van der Waals surface area contributed by atoms with Crippen molar-refractivity contribution in [3.05, 3.63) is 72.6 Å². The van der Waals surface area contributed by atoms with E-state index in [-0.39, 0.29) is 12.3 Å². The van der Waals surface area contributed by atoms with E-state index in [1.54, 1.807) is 41.3 Å². The average molecular weight is 308 g/mol. The number of carbonyl (C=O) groups is 1. The van der Waals surface area contributed by atoms with Crippen molar-refractivity contribution in [3.8, 4) is 5.69 Å². The summed E-state index contributed by atoms with van der Waals surface area (Å²) in [5, 5.41) is 20.5. The lowest BCUT2D eigenvalue weighted by atomic mass is 10.1. The predicted molar refractivity (Wildman–Crippen MR) is 86.0 cm³/mol. The lowest BCUT2D eigenvalue weighted by Gasteiger charge is -2.11. The van der Waals surface area contributed by atoms with Crippen molar-refractivity contribution in [2.24, 2.45) is 0 Å². The minimum atomic E-state index is -0.814. The summed E-state index contributed by atoms with van der Waals surface area (Å²) in [5.74, 6) is -0.241. The smallest absolute Gasteiger partial charge is 0.227 e. The van der Waals surface area contributed by atoms with Gasteiger partial charge in [-0.25, -0.2) is 4.68 Å². The number of carbonyl (C=O) groups excluding carboxylic acids is 1. The first-order valence-electron chi connectivity index (χ1n) is 7.22. The molecule has 2 aromatic carbocycles. The minimum absolute atomic E-state index is 0.00877. The first kappa shape index (κ1) is 14.9. The Balaban J connectivity index is 1.60. The summed E-state index contributed by atoms with van der Waals surface area (Å²) in [4.78, 5) is 12.0. The summed E-state index contributed by atoms with van der Waals surface area (Å²) in [6.45, 7) is 0. The number of rotatable bonds is 5. The molecule has 1 unspecified atom stereocenters. The molecule has 0 radical (unpaired) electrons. The molecule has 6 heteroatoms. The van der Waals surface area contributed by atoms with E-state index in [1.165, 1.54) is 0 Å². The molecule has 0 spiro atoms. The van der Waals surface area contributed by atoms with Gasteiger partial charge in [0.05, 0.1) is 30.6 Å². The number of benzene rings is 2. The fourth-order valence-corrected chi connectivity index (χ4v) is 2.22. The van der Waals surface area contributed by atoms with Crippen LogP contribution in [0.2, 0.25) is 0 Å². The van der Waals surface area contributed by atoms with Gasteiger partial charge in [0.2, 0.25) is 5.91 Å². The summed E-state index contributed by atoms with van der Waals surface area (Å²) in [5.41, 5.74) is 2.24. The van der Waals surface area contributed by atoms with E-state index in [0.717, 1.165) is 11.3 Å². The largest absolute Gasteiger partial charge is 0.388 e. The molecule has 23 heavy (non-hydrogen) atoms. The third kappa shape index (κ3) is 3.81. The van der Waals surface area contributed by atoms with Crippen LogP contribution in [-0.4, -0.2) is 26.0 Å². The highest BCUT2D eigenvalue weighted by atomic mass is 16.3. The third-order valence-electron chi connectivity index (χ3n) is 3.40. The van der Waals surface area contributed by atoms with Crippen LogP contribution < -0.4 is 5.32 Å². The van der Waals surface area contributed by atoms with Crippen LogP contribution in [0.1, 0.15) is 18.1 Å². The van der Waals surface area contributed by atoms with Crippen molar-refractivity contribution in [3.63, 3.8) is 0 Å². The standard InChI is InChI=1S/C17H16N4O2/c22-16(13-4-2-1-3-5-13)12-17(23)19-14-6-8-15(9-7-14)21-11-10-18-20-21/h1-11,16,22H,12H2,(H,19,23). The number of amides is 1. The second-order valence-electron chi connectivity index (χ2n) is 5.07. The molecule has 1 heterocycles. The van der Waals surface area contributed by atoms with E-state index in [1.807, 2.05) is 30.3 Å². The number of aliphatic hydroxyl groups is 1. The van der Waals surface area contributed by atoms with Gasteiger partial charge < -0.3 is 10.4 Å². The van der Waals surface area contributed by atoms with Crippen molar-refractivity contribution < 1.29 is 9.90 Å². The molecule has 0 saturated heterocycles. The topological polar surface area (TPSA) is 80.0 Å². The van der Waals surface area contributed by atoms with Gasteiger partial charge >= 0.3 is 0 Å². The Morgan fingerprint density at radius 2 is 1.87 bits per heavy atom. The number of nitrogens with one attached hydrogen (secondary N) is 1. The van der Waals surface area contributed by atoms with Crippen molar-refractivity contribution in [1.82, 2.24) is 15.0 Å². The number of aliphatic hydroxyl groups excluding tert-OH is 1. The molecule has 0 saturated carbocycles. The van der Waals surface area contributed by atoms with Crippen LogP contribution >= 0.6 is 0 Å². The molecule has 3 aromatic rings. The number of hydrogen-bond acceptors (Lipinski definition) is 4. The third-order valence-corrected chi connectivity index (χ3v) is 3.40. The highest BCUT2D eigenvalue weighted by Gasteiger charge is 2.12. The van der Waals surface area contributed by atoms with Crippen LogP contribution in [0.25, 0.3) is 5.69 Å². The van der Waals surface area contributed by atoms with Crippen molar-refractivity contribution in [2.75, 3.05) is 5.32 Å². The Morgan fingerprint density at radius 3 is 2.52 bits per heavy atom.